The van der Waals surface area contributed by atoms with E-state index in [1.807, 2.05) is 36.4 Å². The highest BCUT2D eigenvalue weighted by atomic mass is 19.1. The van der Waals surface area contributed by atoms with E-state index in [1.165, 1.54) is 24.4 Å². The Balaban J connectivity index is 1.61. The van der Waals surface area contributed by atoms with E-state index in [0.29, 0.717) is 18.7 Å². The molecule has 1 saturated heterocycles. The van der Waals surface area contributed by atoms with E-state index in [9.17, 15) is 14.4 Å². The zero-order chi connectivity index (χ0) is 23.4. The Morgan fingerprint density at radius 3 is 2.70 bits per heavy atom. The molecule has 2 aromatic carbocycles. The van der Waals surface area contributed by atoms with Crippen LogP contribution in [0.15, 0.2) is 67.3 Å². The van der Waals surface area contributed by atoms with Gasteiger partial charge in [0.2, 0.25) is 5.95 Å². The number of amides is 1. The van der Waals surface area contributed by atoms with Gasteiger partial charge in [-0.1, -0.05) is 36.9 Å². The molecular weight excluding hydrogens is 417 g/mol. The Hall–Kier alpha value is -4.44. The Morgan fingerprint density at radius 2 is 2.00 bits per heavy atom. The fourth-order valence-electron chi connectivity index (χ4n) is 3.83. The number of pyridine rings is 1. The minimum atomic E-state index is -0.678. The normalized spacial score (nSPS) is 14.5. The molecule has 2 heterocycles. The third kappa shape index (κ3) is 4.60. The van der Waals surface area contributed by atoms with E-state index in [1.54, 1.807) is 17.0 Å². The second-order valence-corrected chi connectivity index (χ2v) is 7.69. The highest BCUT2D eigenvalue weighted by molar-refractivity contribution is 5.93. The molecule has 3 aromatic rings. The molecular formula is C26H22FN5O. The van der Waals surface area contributed by atoms with Crippen molar-refractivity contribution in [2.24, 2.45) is 5.73 Å². The average molecular weight is 439 g/mol. The van der Waals surface area contributed by atoms with E-state index >= 15 is 0 Å². The molecule has 0 bridgehead atoms. The first-order valence-electron chi connectivity index (χ1n) is 10.4. The van der Waals surface area contributed by atoms with Crippen LogP contribution in [0.25, 0.3) is 23.4 Å². The number of nitrogens with zero attached hydrogens (tertiary/aromatic N) is 3. The van der Waals surface area contributed by atoms with Crippen LogP contribution >= 0.6 is 0 Å². The number of halogens is 1. The summed E-state index contributed by atoms with van der Waals surface area (Å²) in [6.45, 7) is 4.70. The van der Waals surface area contributed by atoms with Gasteiger partial charge in [0.1, 0.15) is 5.69 Å². The topological polar surface area (TPSA) is 95.0 Å². The molecule has 0 atom stereocenters. The number of benzene rings is 2. The molecule has 1 aromatic heterocycles. The minimum Gasteiger partial charge on any atom is -0.404 e. The highest BCUT2D eigenvalue weighted by Crippen LogP contribution is 2.22. The molecule has 7 heteroatoms. The predicted molar refractivity (Wildman–Crippen MR) is 127 cm³/mol. The van der Waals surface area contributed by atoms with Crippen molar-refractivity contribution in [2.45, 2.75) is 6.04 Å². The largest absolute Gasteiger partial charge is 0.404 e. The van der Waals surface area contributed by atoms with Gasteiger partial charge in [0.15, 0.2) is 0 Å². The zero-order valence-electron chi connectivity index (χ0n) is 17.8. The lowest BCUT2D eigenvalue weighted by molar-refractivity contribution is 0.0617. The van der Waals surface area contributed by atoms with Crippen LogP contribution < -0.4 is 21.5 Å². The van der Waals surface area contributed by atoms with Gasteiger partial charge in [-0.2, -0.15) is 9.65 Å². The van der Waals surface area contributed by atoms with Crippen LogP contribution in [0, 0.1) is 17.3 Å². The maximum Gasteiger partial charge on any atom is 0.272 e. The van der Waals surface area contributed by atoms with Crippen LogP contribution in [-0.4, -0.2) is 34.9 Å². The van der Waals surface area contributed by atoms with Crippen molar-refractivity contribution in [1.82, 2.24) is 9.88 Å². The second-order valence-electron chi connectivity index (χ2n) is 7.69. The average Bonchev–Trinajstić information content (AvgIpc) is 2.80. The Bertz CT molecular complexity index is 1390. The number of hydrogen-bond acceptors (Lipinski definition) is 5. The van der Waals surface area contributed by atoms with Crippen LogP contribution in [0.1, 0.15) is 16.1 Å². The molecule has 3 N–H and O–H groups in total. The Morgan fingerprint density at radius 1 is 1.21 bits per heavy atom. The predicted octanol–water partition coefficient (Wildman–Crippen LogP) is 2.36. The number of nitrogens with two attached hydrogens (primary N) is 1. The highest BCUT2D eigenvalue weighted by Gasteiger charge is 2.32. The zero-order valence-corrected chi connectivity index (χ0v) is 17.8. The van der Waals surface area contributed by atoms with Gasteiger partial charge in [-0.3, -0.25) is 4.79 Å². The van der Waals surface area contributed by atoms with E-state index < -0.39 is 5.95 Å². The minimum absolute atomic E-state index is 0.00140. The summed E-state index contributed by atoms with van der Waals surface area (Å²) in [5, 5.41) is 14.4. The van der Waals surface area contributed by atoms with Crippen molar-refractivity contribution in [1.29, 1.82) is 5.26 Å². The number of nitrogens with one attached hydrogen (secondary N) is 1. The van der Waals surface area contributed by atoms with Crippen LogP contribution in [-0.2, 0) is 0 Å². The number of carbonyl (C=O) groups is 1. The fraction of sp³-hybridized carbons (Fsp3) is 0.115. The summed E-state index contributed by atoms with van der Waals surface area (Å²) in [6, 6.07) is 17.7. The van der Waals surface area contributed by atoms with Crippen LogP contribution in [0.4, 0.5) is 10.1 Å². The molecule has 33 heavy (non-hydrogen) atoms. The van der Waals surface area contributed by atoms with Gasteiger partial charge in [0.25, 0.3) is 5.91 Å². The van der Waals surface area contributed by atoms with Gasteiger partial charge < -0.3 is 16.0 Å². The lowest BCUT2D eigenvalue weighted by Crippen LogP contribution is -2.57. The summed E-state index contributed by atoms with van der Waals surface area (Å²) < 4.78 is 13.3. The van der Waals surface area contributed by atoms with E-state index in [-0.39, 0.29) is 17.6 Å². The molecule has 1 fully saturated rings. The molecule has 1 aliphatic rings. The number of hydrogen-bond donors (Lipinski definition) is 2. The van der Waals surface area contributed by atoms with Crippen molar-refractivity contribution in [3.8, 4) is 17.2 Å². The molecule has 0 saturated carbocycles. The first-order valence-corrected chi connectivity index (χ1v) is 10.4. The van der Waals surface area contributed by atoms with E-state index in [2.05, 4.69) is 22.9 Å². The van der Waals surface area contributed by atoms with Crippen molar-refractivity contribution >= 4 is 23.9 Å². The molecule has 4 rings (SSSR count). The molecule has 0 radical (unpaired) electrons. The quantitative estimate of drug-likeness (QED) is 0.595. The lowest BCUT2D eigenvalue weighted by atomic mass is 9.99. The Kier molecular flexibility index (Phi) is 6.18. The molecule has 1 amide bonds. The van der Waals surface area contributed by atoms with Crippen molar-refractivity contribution in [3.63, 3.8) is 0 Å². The smallest absolute Gasteiger partial charge is 0.272 e. The van der Waals surface area contributed by atoms with Gasteiger partial charge in [0.05, 0.1) is 17.7 Å². The SMILES string of the molecule is C=C/C=c1/cc(-c2cccc(C#N)c2)cc(NC2CN(C(=O)c3cccc(F)n3)C2)/c1=C/N. The van der Waals surface area contributed by atoms with Gasteiger partial charge in [-0.25, -0.2) is 4.98 Å². The number of nitriles is 1. The van der Waals surface area contributed by atoms with Crippen molar-refractivity contribution < 1.29 is 9.18 Å². The van der Waals surface area contributed by atoms with Gasteiger partial charge in [-0.05, 0) is 52.7 Å². The van der Waals surface area contributed by atoms with Gasteiger partial charge in [-0.15, -0.1) is 0 Å². The summed E-state index contributed by atoms with van der Waals surface area (Å²) in [6.07, 6.45) is 5.09. The third-order valence-corrected chi connectivity index (χ3v) is 5.46. The van der Waals surface area contributed by atoms with Crippen LogP contribution in [0.5, 0.6) is 0 Å². The summed E-state index contributed by atoms with van der Waals surface area (Å²) in [7, 11) is 0. The number of rotatable bonds is 5. The summed E-state index contributed by atoms with van der Waals surface area (Å²) in [5.74, 6) is -0.983. The number of allylic oxidation sites excluding steroid dienone is 1. The maximum absolute atomic E-state index is 13.3. The van der Waals surface area contributed by atoms with Crippen molar-refractivity contribution in [2.75, 3.05) is 18.4 Å². The maximum atomic E-state index is 13.3. The Labute approximate surface area is 190 Å². The summed E-state index contributed by atoms with van der Waals surface area (Å²) in [5.41, 5.74) is 9.25. The molecule has 6 nitrogen and oxygen atoms in total. The van der Waals surface area contributed by atoms with Gasteiger partial charge >= 0.3 is 0 Å². The standard InChI is InChI=1S/C26H22FN5O/c1-2-5-19-11-20(18-7-3-6-17(10-18)13-28)12-24(22(19)14-29)30-21-15-32(16-21)26(33)23-8-4-9-25(27)31-23/h2-12,14,21,30H,1,15-16,29H2/b19-5-,22-14+. The first kappa shape index (κ1) is 21.8. The number of anilines is 1. The summed E-state index contributed by atoms with van der Waals surface area (Å²) in [4.78, 5) is 17.8. The number of likely N-dealkylation sites (tertiary alicyclic amines) is 1. The first-order chi connectivity index (χ1) is 16.0. The van der Waals surface area contributed by atoms with Crippen molar-refractivity contribution in [3.05, 3.63) is 94.9 Å². The lowest BCUT2D eigenvalue weighted by Gasteiger charge is -2.40. The molecule has 0 aliphatic carbocycles. The molecule has 0 unspecified atom stereocenters. The monoisotopic (exact) mass is 439 g/mol. The summed E-state index contributed by atoms with van der Waals surface area (Å²) >= 11 is 0. The third-order valence-electron chi connectivity index (χ3n) is 5.46. The number of aromatic nitrogens is 1. The molecule has 0 spiro atoms. The van der Waals surface area contributed by atoms with E-state index in [4.69, 9.17) is 5.73 Å². The second kappa shape index (κ2) is 9.37. The molecule has 1 aliphatic heterocycles. The van der Waals surface area contributed by atoms with Gasteiger partial charge in [0, 0.05) is 30.2 Å². The number of carbonyl (C=O) groups excluding carboxylic acids is 1. The van der Waals surface area contributed by atoms with E-state index in [0.717, 1.165) is 27.3 Å². The molecule has 164 valence electrons. The fourth-order valence-corrected chi connectivity index (χ4v) is 3.83. The van der Waals surface area contributed by atoms with Crippen LogP contribution in [0.3, 0.4) is 0 Å². The van der Waals surface area contributed by atoms with Crippen LogP contribution in [0.2, 0.25) is 0 Å².